The summed E-state index contributed by atoms with van der Waals surface area (Å²) in [6.07, 6.45) is 0.860. The van der Waals surface area contributed by atoms with E-state index in [1.165, 1.54) is 6.07 Å². The van der Waals surface area contributed by atoms with Crippen molar-refractivity contribution in [3.63, 3.8) is 0 Å². The first-order valence-corrected chi connectivity index (χ1v) is 7.13. The highest BCUT2D eigenvalue weighted by Crippen LogP contribution is 2.27. The fraction of sp³-hybridized carbons (Fsp3) is 0.562. The smallest absolute Gasteiger partial charge is 0.339 e. The summed E-state index contributed by atoms with van der Waals surface area (Å²) >= 11 is 0. The molecule has 1 atom stereocenters. The number of carbonyl (C=O) groups is 1. The number of carboxylic acids is 1. The molecule has 5 heteroatoms. The maximum atomic E-state index is 11.2. The molecule has 0 aromatic heterocycles. The van der Waals surface area contributed by atoms with Gasteiger partial charge in [-0.05, 0) is 31.4 Å². The van der Waals surface area contributed by atoms with Gasteiger partial charge in [-0.2, -0.15) is 0 Å². The Morgan fingerprint density at radius 1 is 1.33 bits per heavy atom. The van der Waals surface area contributed by atoms with Gasteiger partial charge >= 0.3 is 5.97 Å². The van der Waals surface area contributed by atoms with Gasteiger partial charge in [-0.15, -0.1) is 0 Å². The van der Waals surface area contributed by atoms with Gasteiger partial charge in [0.2, 0.25) is 0 Å². The molecule has 118 valence electrons. The van der Waals surface area contributed by atoms with Crippen molar-refractivity contribution in [3.8, 4) is 11.5 Å². The van der Waals surface area contributed by atoms with Crippen LogP contribution >= 0.6 is 0 Å². The molecule has 21 heavy (non-hydrogen) atoms. The second kappa shape index (κ2) is 7.31. The van der Waals surface area contributed by atoms with Crippen LogP contribution in [0.15, 0.2) is 18.2 Å². The highest BCUT2D eigenvalue weighted by atomic mass is 16.5. The van der Waals surface area contributed by atoms with Crippen LogP contribution in [-0.2, 0) is 0 Å². The molecule has 0 spiro atoms. The predicted molar refractivity (Wildman–Crippen MR) is 80.1 cm³/mol. The van der Waals surface area contributed by atoms with Gasteiger partial charge in [0.05, 0.1) is 12.2 Å². The zero-order chi connectivity index (χ0) is 16.0. The highest BCUT2D eigenvalue weighted by Gasteiger charge is 2.26. The van der Waals surface area contributed by atoms with Crippen LogP contribution in [0.2, 0.25) is 0 Å². The van der Waals surface area contributed by atoms with E-state index < -0.39 is 11.6 Å². The Labute approximate surface area is 125 Å². The van der Waals surface area contributed by atoms with Gasteiger partial charge in [-0.25, -0.2) is 4.79 Å². The van der Waals surface area contributed by atoms with Crippen LogP contribution < -0.4 is 9.47 Å². The third-order valence-corrected chi connectivity index (χ3v) is 3.42. The summed E-state index contributed by atoms with van der Waals surface area (Å²) in [5.74, 6) is -0.320. The minimum absolute atomic E-state index is 0.00898. The number of carboxylic acid groups (broad SMARTS) is 1. The number of rotatable bonds is 8. The Hall–Kier alpha value is -1.75. The molecule has 2 N–H and O–H groups in total. The number of ether oxygens (including phenoxy) is 2. The van der Waals surface area contributed by atoms with Gasteiger partial charge in [0.25, 0.3) is 0 Å². The van der Waals surface area contributed by atoms with Crippen molar-refractivity contribution in [3.05, 3.63) is 23.8 Å². The molecule has 1 unspecified atom stereocenters. The van der Waals surface area contributed by atoms with E-state index in [-0.39, 0.29) is 23.8 Å². The van der Waals surface area contributed by atoms with E-state index in [1.54, 1.807) is 19.1 Å². The van der Waals surface area contributed by atoms with Gasteiger partial charge in [0, 0.05) is 6.07 Å². The topological polar surface area (TPSA) is 76.0 Å². The lowest BCUT2D eigenvalue weighted by atomic mass is 9.94. The maximum absolute atomic E-state index is 11.2. The maximum Gasteiger partial charge on any atom is 0.339 e. The van der Waals surface area contributed by atoms with Crippen LogP contribution in [-0.4, -0.2) is 35.0 Å². The first-order valence-electron chi connectivity index (χ1n) is 7.13. The molecular weight excluding hydrogens is 272 g/mol. The van der Waals surface area contributed by atoms with Crippen molar-refractivity contribution in [1.82, 2.24) is 0 Å². The third-order valence-electron chi connectivity index (χ3n) is 3.42. The summed E-state index contributed by atoms with van der Waals surface area (Å²) in [4.78, 5) is 11.2. The Kier molecular flexibility index (Phi) is 6.03. The Balaban J connectivity index is 2.93. The van der Waals surface area contributed by atoms with Gasteiger partial charge in [-0.3, -0.25) is 0 Å². The second-order valence-electron chi connectivity index (χ2n) is 5.61. The first-order chi connectivity index (χ1) is 9.77. The molecule has 1 aromatic rings. The summed E-state index contributed by atoms with van der Waals surface area (Å²) < 4.78 is 11.0. The summed E-state index contributed by atoms with van der Waals surface area (Å²) in [6, 6.07) is 4.61. The fourth-order valence-corrected chi connectivity index (χ4v) is 1.50. The molecule has 0 aliphatic rings. The zero-order valence-electron chi connectivity index (χ0n) is 13.0. The molecule has 0 fully saturated rings. The van der Waals surface area contributed by atoms with Gasteiger partial charge in [0.1, 0.15) is 23.7 Å². The number of hydrogen-bond donors (Lipinski definition) is 2. The Bertz CT molecular complexity index is 480. The standard InChI is InChI=1S/C16H24O5/c1-5-8-20-12-6-7-13(15(17)18)14(9-12)21-10-16(4,19)11(2)3/h6-7,9,11,19H,5,8,10H2,1-4H3,(H,17,18). The van der Waals surface area contributed by atoms with E-state index in [1.807, 2.05) is 20.8 Å². The minimum atomic E-state index is -1.07. The van der Waals surface area contributed by atoms with Gasteiger partial charge in [-0.1, -0.05) is 20.8 Å². The molecule has 0 aliphatic carbocycles. The van der Waals surface area contributed by atoms with Crippen molar-refractivity contribution < 1.29 is 24.5 Å². The van der Waals surface area contributed by atoms with Crippen LogP contribution in [0.25, 0.3) is 0 Å². The molecule has 5 nitrogen and oxygen atoms in total. The van der Waals surface area contributed by atoms with Crippen LogP contribution in [0.4, 0.5) is 0 Å². The molecule has 1 aromatic carbocycles. The second-order valence-corrected chi connectivity index (χ2v) is 5.61. The first kappa shape index (κ1) is 17.3. The van der Waals surface area contributed by atoms with Crippen molar-refractivity contribution in [2.45, 2.75) is 39.7 Å². The lowest BCUT2D eigenvalue weighted by Crippen LogP contribution is -2.38. The lowest BCUT2D eigenvalue weighted by molar-refractivity contribution is -0.0270. The van der Waals surface area contributed by atoms with Crippen molar-refractivity contribution in [2.75, 3.05) is 13.2 Å². The normalized spacial score (nSPS) is 13.8. The SMILES string of the molecule is CCCOc1ccc(C(=O)O)c(OCC(C)(O)C(C)C)c1. The molecule has 0 amide bonds. The number of aromatic carboxylic acids is 1. The largest absolute Gasteiger partial charge is 0.493 e. The number of hydrogen-bond acceptors (Lipinski definition) is 4. The van der Waals surface area contributed by atoms with Crippen molar-refractivity contribution >= 4 is 5.97 Å². The summed E-state index contributed by atoms with van der Waals surface area (Å²) in [6.45, 7) is 7.97. The summed E-state index contributed by atoms with van der Waals surface area (Å²) in [7, 11) is 0. The van der Waals surface area contributed by atoms with E-state index >= 15 is 0 Å². The summed E-state index contributed by atoms with van der Waals surface area (Å²) in [5, 5.41) is 19.4. The van der Waals surface area contributed by atoms with Crippen LogP contribution in [0, 0.1) is 5.92 Å². The van der Waals surface area contributed by atoms with Crippen LogP contribution in [0.3, 0.4) is 0 Å². The van der Waals surface area contributed by atoms with Crippen molar-refractivity contribution in [2.24, 2.45) is 5.92 Å². The Morgan fingerprint density at radius 2 is 2.00 bits per heavy atom. The Morgan fingerprint density at radius 3 is 2.52 bits per heavy atom. The monoisotopic (exact) mass is 296 g/mol. The molecule has 0 saturated carbocycles. The predicted octanol–water partition coefficient (Wildman–Crippen LogP) is 2.96. The van der Waals surface area contributed by atoms with E-state index in [2.05, 4.69) is 0 Å². The van der Waals surface area contributed by atoms with Gasteiger partial charge in [0.15, 0.2) is 0 Å². The zero-order valence-corrected chi connectivity index (χ0v) is 13.0. The van der Waals surface area contributed by atoms with E-state index in [0.717, 1.165) is 6.42 Å². The molecule has 0 radical (unpaired) electrons. The molecule has 1 rings (SSSR count). The molecule has 0 heterocycles. The van der Waals surface area contributed by atoms with Crippen molar-refractivity contribution in [1.29, 1.82) is 0 Å². The minimum Gasteiger partial charge on any atom is -0.493 e. The molecular formula is C16H24O5. The number of aliphatic hydroxyl groups is 1. The number of benzene rings is 1. The summed E-state index contributed by atoms with van der Waals surface area (Å²) in [5.41, 5.74) is -0.978. The lowest BCUT2D eigenvalue weighted by Gasteiger charge is -2.27. The third kappa shape index (κ3) is 4.93. The van der Waals surface area contributed by atoms with Crippen LogP contribution in [0.1, 0.15) is 44.5 Å². The fourth-order valence-electron chi connectivity index (χ4n) is 1.50. The highest BCUT2D eigenvalue weighted by molar-refractivity contribution is 5.91. The van der Waals surface area contributed by atoms with E-state index in [4.69, 9.17) is 9.47 Å². The average molecular weight is 296 g/mol. The quantitative estimate of drug-likeness (QED) is 0.771. The van der Waals surface area contributed by atoms with E-state index in [9.17, 15) is 15.0 Å². The van der Waals surface area contributed by atoms with E-state index in [0.29, 0.717) is 12.4 Å². The average Bonchev–Trinajstić information content (AvgIpc) is 2.42. The molecule has 0 bridgehead atoms. The molecule has 0 saturated heterocycles. The van der Waals surface area contributed by atoms with Crippen LogP contribution in [0.5, 0.6) is 11.5 Å². The molecule has 0 aliphatic heterocycles. The van der Waals surface area contributed by atoms with Gasteiger partial charge < -0.3 is 19.7 Å².